The number of nitrogens with two attached hydrogens (primary N) is 1. The predicted octanol–water partition coefficient (Wildman–Crippen LogP) is 10.0. The van der Waals surface area contributed by atoms with Gasteiger partial charge in [0.05, 0.1) is 50.6 Å². The van der Waals surface area contributed by atoms with Crippen LogP contribution in [0.1, 0.15) is 63.1 Å². The van der Waals surface area contributed by atoms with E-state index in [1.165, 1.54) is 0 Å². The van der Waals surface area contributed by atoms with Crippen LogP contribution >= 0.6 is 11.9 Å². The maximum atomic E-state index is 12.0. The van der Waals surface area contributed by atoms with Gasteiger partial charge in [-0.2, -0.15) is 8.42 Å². The van der Waals surface area contributed by atoms with Gasteiger partial charge in [-0.05, 0) is 33.4 Å². The van der Waals surface area contributed by atoms with E-state index >= 15 is 0 Å². The smallest absolute Gasteiger partial charge is 0 e. The van der Waals surface area contributed by atoms with Crippen molar-refractivity contribution in [2.45, 2.75) is 43.8 Å². The number of alkyl carbamates (subject to hydrolysis) is 2. The molecule has 7 aromatic rings. The molecule has 7 aromatic carbocycles. The summed E-state index contributed by atoms with van der Waals surface area (Å²) in [6.07, 6.45) is -0.767. The Bertz CT molecular complexity index is 3070. The SMILES string of the molecule is CS(=O)(=O)OCC(NC(=O)OCc1ccccc1)c1ccccc1.NC(CO)c1ccccc1.O=C(Cc1ccccc1)OCl.O=C(NC(CO)c1ccccc1)OCc1ccccc1.[N-]=[N+]=NCC(NC(=O)OB=N)c1ccccc1.[Y]. The largest absolute Gasteiger partial charge is 0 e. The molecule has 83 heavy (non-hydrogen) atoms. The molecule has 433 valence electrons. The summed E-state index contributed by atoms with van der Waals surface area (Å²) in [5.74, 6) is -0.433. The summed E-state index contributed by atoms with van der Waals surface area (Å²) in [5, 5.41) is 35.8. The van der Waals surface area contributed by atoms with E-state index in [0.29, 0.717) is 7.27 Å². The average Bonchev–Trinajstić information content (AvgIpc) is 3.52. The number of amides is 3. The molecular formula is C58H64BClN8O13SY. The number of hydrogen-bond acceptors (Lipinski definition) is 16. The molecule has 0 fully saturated rings. The first-order chi connectivity index (χ1) is 39.7. The Kier molecular flexibility index (Phi) is 36.9. The van der Waals surface area contributed by atoms with Gasteiger partial charge >= 0.3 is 116 Å². The van der Waals surface area contributed by atoms with Gasteiger partial charge in [-0.25, -0.2) is 9.59 Å². The molecular weight excluding hydrogens is 1180 g/mol. The summed E-state index contributed by atoms with van der Waals surface area (Å²) >= 11 is 4.85. The fraction of sp³-hybridized carbons (Fsp3) is 0.207. The number of benzene rings is 7. The van der Waals surface area contributed by atoms with E-state index in [2.05, 4.69) is 34.9 Å². The number of ether oxygens (including phenoxy) is 2. The minimum Gasteiger partial charge on any atom is 0 e. The standard InChI is InChI=1S/C17H19NO5S.C16H17NO3.C9H10BN5O2.C8H7ClO2.C8H11NO.Y/c1-24(20,21)23-13-16(15-10-6-3-7-11-15)18-17(19)22-12-14-8-4-2-5-9-14;18-11-15(14-9-5-2-6-10-14)17-16(19)20-12-13-7-3-1-4-8-13;11-10-17-9(16)14-8(6-13-15-12)7-4-2-1-3-5-7;9-11-8(10)6-7-4-2-1-3-5-7;9-8(6-10)7-4-2-1-3-5-7;/h2-11,16H,12-13H2,1H3,(H,18,19);1-10,15,18H,11-12H2,(H,17,19);1-5,8,11H,6H2,(H,14,16);1-5H,6H2;1-5,8,10H,6,9H2;. The predicted molar refractivity (Wildman–Crippen MR) is 310 cm³/mol. The van der Waals surface area contributed by atoms with Crippen LogP contribution in [0.3, 0.4) is 0 Å². The zero-order valence-electron chi connectivity index (χ0n) is 45.2. The Labute approximate surface area is 513 Å². The van der Waals surface area contributed by atoms with Crippen LogP contribution in [-0.4, -0.2) is 82.8 Å². The summed E-state index contributed by atoms with van der Waals surface area (Å²) in [6, 6.07) is 63.0. The van der Waals surface area contributed by atoms with E-state index in [0.717, 1.165) is 45.2 Å². The topological polar surface area (TPSA) is 324 Å². The van der Waals surface area contributed by atoms with E-state index < -0.39 is 52.5 Å². The quantitative estimate of drug-likeness (QED) is 0.0116. The summed E-state index contributed by atoms with van der Waals surface area (Å²) in [6.45, 7) is 0.0338. The fourth-order valence-electron chi connectivity index (χ4n) is 6.70. The molecule has 0 heterocycles. The van der Waals surface area contributed by atoms with Crippen molar-refractivity contribution in [2.24, 2.45) is 10.8 Å². The van der Waals surface area contributed by atoms with E-state index in [4.69, 9.17) is 47.2 Å². The molecule has 0 aliphatic rings. The van der Waals surface area contributed by atoms with Gasteiger partial charge in [-0.1, -0.05) is 182 Å². The molecule has 0 spiro atoms. The van der Waals surface area contributed by atoms with Crippen LogP contribution in [0.15, 0.2) is 217 Å². The molecule has 0 aromatic heterocycles. The Morgan fingerprint density at radius 1 is 0.590 bits per heavy atom. The Balaban J connectivity index is 0.000000365. The summed E-state index contributed by atoms with van der Waals surface area (Å²) < 4.78 is 45.8. The second kappa shape index (κ2) is 42.9. The number of hydrogen-bond donors (Lipinski definition) is 7. The number of aliphatic hydroxyl groups is 2. The van der Waals surface area contributed by atoms with Crippen molar-refractivity contribution in [1.82, 2.24) is 16.0 Å². The van der Waals surface area contributed by atoms with Crippen LogP contribution in [0.4, 0.5) is 14.4 Å². The third-order valence-electron chi connectivity index (χ3n) is 10.7. The molecule has 21 nitrogen and oxygen atoms in total. The number of halogens is 1. The number of aliphatic hydroxyl groups excluding tert-OH is 2. The van der Waals surface area contributed by atoms with Gasteiger partial charge in [0.15, 0.2) is 0 Å². The number of nitrogens with one attached hydrogen (secondary N) is 4. The minimum absolute atomic E-state index is 0. The molecule has 8 N–H and O–H groups in total. The normalized spacial score (nSPS) is 11.3. The maximum absolute atomic E-state index is 12.0. The summed E-state index contributed by atoms with van der Waals surface area (Å²) in [4.78, 5) is 48.1. The fourth-order valence-corrected chi connectivity index (χ4v) is 7.13. The van der Waals surface area contributed by atoms with E-state index in [-0.39, 0.29) is 84.8 Å². The zero-order valence-corrected chi connectivity index (χ0v) is 49.6. The summed E-state index contributed by atoms with van der Waals surface area (Å²) in [5.41, 5.74) is 19.8. The first kappa shape index (κ1) is 71.3. The third kappa shape index (κ3) is 32.4. The van der Waals surface area contributed by atoms with Crippen molar-refractivity contribution in [3.05, 3.63) is 262 Å². The monoisotopic (exact) mass is 1250 g/mol. The van der Waals surface area contributed by atoms with E-state index in [9.17, 15) is 32.7 Å². The van der Waals surface area contributed by atoms with Gasteiger partial charge < -0.3 is 40.3 Å². The molecule has 4 atom stereocenters. The molecule has 0 aliphatic carbocycles. The molecule has 0 saturated carbocycles. The molecule has 3 amide bonds. The summed E-state index contributed by atoms with van der Waals surface area (Å²) in [7, 11) is -3.08. The molecule has 4 unspecified atom stereocenters. The van der Waals surface area contributed by atoms with Crippen molar-refractivity contribution in [2.75, 3.05) is 32.6 Å². The van der Waals surface area contributed by atoms with Crippen LogP contribution < -0.4 is 21.7 Å². The molecule has 0 bridgehead atoms. The van der Waals surface area contributed by atoms with Crippen molar-refractivity contribution < 1.29 is 93.1 Å². The number of nitrogens with zero attached hydrogens (tertiary/aromatic N) is 3. The van der Waals surface area contributed by atoms with Crippen molar-refractivity contribution in [3.8, 4) is 0 Å². The van der Waals surface area contributed by atoms with Gasteiger partial charge in [0.1, 0.15) is 25.1 Å². The number of carbonyl (C=O) groups is 4. The van der Waals surface area contributed by atoms with Crippen molar-refractivity contribution in [1.29, 1.82) is 5.31 Å². The van der Waals surface area contributed by atoms with Gasteiger partial charge in [-0.3, -0.25) is 8.98 Å². The molecule has 0 saturated heterocycles. The van der Waals surface area contributed by atoms with Gasteiger partial charge in [0, 0.05) is 32.7 Å². The zero-order chi connectivity index (χ0) is 59.6. The van der Waals surface area contributed by atoms with Gasteiger partial charge in [0.25, 0.3) is 10.1 Å². The van der Waals surface area contributed by atoms with E-state index in [1.807, 2.05) is 176 Å². The maximum Gasteiger partial charge on any atom is 0 e. The van der Waals surface area contributed by atoms with Crippen molar-refractivity contribution in [3.63, 3.8) is 0 Å². The molecule has 1 radical (unpaired) electrons. The number of azide groups is 1. The first-order valence-corrected chi connectivity index (χ1v) is 27.1. The second-order valence-corrected chi connectivity index (χ2v) is 18.7. The second-order valence-electron chi connectivity index (χ2n) is 16.9. The van der Waals surface area contributed by atoms with Gasteiger partial charge in [-0.15, -0.1) is 0 Å². The third-order valence-corrected chi connectivity index (χ3v) is 11.5. The van der Waals surface area contributed by atoms with Gasteiger partial charge in [0.2, 0.25) is 0 Å². The Hall–Kier alpha value is -7.82. The number of rotatable bonds is 21. The van der Waals surface area contributed by atoms with Crippen molar-refractivity contribution >= 4 is 53.5 Å². The van der Waals surface area contributed by atoms with Crippen LogP contribution in [0.2, 0.25) is 0 Å². The van der Waals surface area contributed by atoms with Crippen LogP contribution in [0.5, 0.6) is 0 Å². The van der Waals surface area contributed by atoms with Crippen LogP contribution in [0.25, 0.3) is 10.4 Å². The minimum atomic E-state index is -3.61. The van der Waals surface area contributed by atoms with E-state index in [1.54, 1.807) is 36.4 Å². The molecule has 0 aliphatic heterocycles. The van der Waals surface area contributed by atoms with Crippen LogP contribution in [0, 0.1) is 5.31 Å². The van der Waals surface area contributed by atoms with Crippen LogP contribution in [-0.2, 0) is 89.9 Å². The number of carbonyl (C=O) groups excluding carboxylic acids is 4. The Morgan fingerprint density at radius 2 is 0.952 bits per heavy atom. The molecule has 7 rings (SSSR count). The molecule has 25 heteroatoms. The first-order valence-electron chi connectivity index (χ1n) is 25.0. The Morgan fingerprint density at radius 3 is 1.33 bits per heavy atom. The average molecular weight is 1250 g/mol.